The molecule has 0 radical (unpaired) electrons. The topological polar surface area (TPSA) is 113 Å². The first-order valence-electron chi connectivity index (χ1n) is 8.17. The smallest absolute Gasteiger partial charge is 0.229 e. The van der Waals surface area contributed by atoms with Crippen LogP contribution in [0, 0.1) is 0 Å². The van der Waals surface area contributed by atoms with Crippen molar-refractivity contribution in [2.75, 3.05) is 17.2 Å². The molecule has 3 rings (SSSR count). The molecule has 1 unspecified atom stereocenters. The Balaban J connectivity index is 1.88. The fourth-order valence-electron chi connectivity index (χ4n) is 2.34. The molecule has 2 atom stereocenters. The van der Waals surface area contributed by atoms with Crippen LogP contribution in [-0.2, 0) is 9.71 Å². The van der Waals surface area contributed by atoms with E-state index in [-0.39, 0.29) is 12.6 Å². The summed E-state index contributed by atoms with van der Waals surface area (Å²) in [5.41, 5.74) is 1.60. The Morgan fingerprint density at radius 2 is 2.07 bits per heavy atom. The van der Waals surface area contributed by atoms with Gasteiger partial charge in [-0.05, 0) is 48.5 Å². The number of aromatic nitrogens is 2. The normalized spacial score (nSPS) is 14.3. The Morgan fingerprint density at radius 3 is 2.67 bits per heavy atom. The van der Waals surface area contributed by atoms with E-state index in [1.807, 2.05) is 24.4 Å². The molecule has 7 nitrogen and oxygen atoms in total. The predicted octanol–water partition coefficient (Wildman–Crippen LogP) is 2.69. The molecular formula is C18H21N5O2S2. The molecule has 0 aliphatic carbocycles. The van der Waals surface area contributed by atoms with Crippen molar-refractivity contribution >= 4 is 44.4 Å². The van der Waals surface area contributed by atoms with Crippen LogP contribution in [0.4, 0.5) is 17.5 Å². The van der Waals surface area contributed by atoms with Crippen molar-refractivity contribution in [3.63, 3.8) is 0 Å². The molecule has 0 amide bonds. The van der Waals surface area contributed by atoms with Gasteiger partial charge in [0.1, 0.15) is 5.82 Å². The van der Waals surface area contributed by atoms with Crippen LogP contribution < -0.4 is 15.8 Å². The number of aliphatic hydroxyl groups excluding tert-OH is 1. The average Bonchev–Trinajstić information content (AvgIpc) is 3.16. The lowest BCUT2D eigenvalue weighted by atomic mass is 10.2. The first-order chi connectivity index (χ1) is 12.9. The minimum atomic E-state index is -2.74. The van der Waals surface area contributed by atoms with Gasteiger partial charge >= 0.3 is 0 Å². The van der Waals surface area contributed by atoms with Crippen LogP contribution in [0.25, 0.3) is 10.4 Å². The summed E-state index contributed by atoms with van der Waals surface area (Å²) in [6.45, 7) is 1.86. The van der Waals surface area contributed by atoms with Crippen LogP contribution in [-0.4, -0.2) is 37.8 Å². The Morgan fingerprint density at radius 1 is 1.33 bits per heavy atom. The lowest BCUT2D eigenvalue weighted by Crippen LogP contribution is -2.21. The summed E-state index contributed by atoms with van der Waals surface area (Å²) in [7, 11) is -2.74. The third-order valence-electron chi connectivity index (χ3n) is 3.74. The molecule has 0 fully saturated rings. The molecule has 0 aliphatic heterocycles. The van der Waals surface area contributed by atoms with E-state index in [0.29, 0.717) is 16.7 Å². The van der Waals surface area contributed by atoms with Crippen LogP contribution in [0.15, 0.2) is 52.9 Å². The lowest BCUT2D eigenvalue weighted by Gasteiger charge is -2.16. The third kappa shape index (κ3) is 4.83. The Bertz CT molecular complexity index is 1000. The van der Waals surface area contributed by atoms with E-state index >= 15 is 0 Å². The van der Waals surface area contributed by atoms with Crippen molar-refractivity contribution in [3.8, 4) is 10.4 Å². The van der Waals surface area contributed by atoms with Crippen LogP contribution in [0.3, 0.4) is 0 Å². The number of nitrogens with zero attached hydrogens (tertiary/aromatic N) is 2. The van der Waals surface area contributed by atoms with Gasteiger partial charge in [0.2, 0.25) is 5.95 Å². The molecule has 0 saturated heterocycles. The highest BCUT2D eigenvalue weighted by Gasteiger charge is 2.13. The number of hydrogen-bond donors (Lipinski definition) is 4. The van der Waals surface area contributed by atoms with Crippen LogP contribution in [0.2, 0.25) is 0 Å². The predicted molar refractivity (Wildman–Crippen MR) is 113 cm³/mol. The fourth-order valence-corrected chi connectivity index (χ4v) is 3.67. The molecule has 2 heterocycles. The van der Waals surface area contributed by atoms with Crippen molar-refractivity contribution in [2.24, 2.45) is 5.14 Å². The molecule has 3 aromatic rings. The van der Waals surface area contributed by atoms with Crippen molar-refractivity contribution in [1.29, 1.82) is 0 Å². The Kier molecular flexibility index (Phi) is 5.76. The highest BCUT2D eigenvalue weighted by atomic mass is 32.2. The van der Waals surface area contributed by atoms with Gasteiger partial charge in [-0.2, -0.15) is 4.98 Å². The number of aliphatic hydroxyl groups is 1. The number of anilines is 3. The van der Waals surface area contributed by atoms with Gasteiger partial charge in [-0.25, -0.2) is 9.19 Å². The molecule has 9 heteroatoms. The van der Waals surface area contributed by atoms with Crippen LogP contribution >= 0.6 is 11.3 Å². The van der Waals surface area contributed by atoms with Crippen molar-refractivity contribution in [2.45, 2.75) is 17.9 Å². The summed E-state index contributed by atoms with van der Waals surface area (Å²) in [6.07, 6.45) is 1.74. The Hall–Kier alpha value is -2.46. The molecule has 27 heavy (non-hydrogen) atoms. The zero-order valence-electron chi connectivity index (χ0n) is 14.8. The van der Waals surface area contributed by atoms with Gasteiger partial charge in [0.05, 0.1) is 21.9 Å². The first-order valence-corrected chi connectivity index (χ1v) is 10.8. The molecule has 0 saturated carbocycles. The van der Waals surface area contributed by atoms with E-state index in [1.54, 1.807) is 41.8 Å². The standard InChI is InChI=1S/C18H21N5O2S2/c1-12(11-24)21-17-15(16-4-3-9-26-16)10-20-18(23-17)22-13-5-7-14(8-6-13)27(2,19)25/h3-10,12,24H,2,11H2,1H3,(H2,19,25)(H2,20,21,22,23)/t12-,27?/m1/s1. The Labute approximate surface area is 162 Å². The third-order valence-corrected chi connectivity index (χ3v) is 5.72. The van der Waals surface area contributed by atoms with E-state index < -0.39 is 9.71 Å². The summed E-state index contributed by atoms with van der Waals surface area (Å²) in [4.78, 5) is 10.4. The second-order valence-corrected chi connectivity index (χ2v) is 8.91. The monoisotopic (exact) mass is 403 g/mol. The van der Waals surface area contributed by atoms with Gasteiger partial charge in [-0.15, -0.1) is 11.3 Å². The van der Waals surface area contributed by atoms with E-state index in [0.717, 1.165) is 16.1 Å². The number of nitrogens with two attached hydrogens (primary N) is 1. The summed E-state index contributed by atoms with van der Waals surface area (Å²) >= 11 is 1.59. The number of thiophene rings is 1. The highest BCUT2D eigenvalue weighted by Crippen LogP contribution is 2.31. The number of rotatable bonds is 7. The minimum absolute atomic E-state index is 0.0124. The van der Waals surface area contributed by atoms with Crippen molar-refractivity contribution in [3.05, 3.63) is 48.0 Å². The summed E-state index contributed by atoms with van der Waals surface area (Å²) < 4.78 is 11.8. The van der Waals surface area contributed by atoms with Crippen molar-refractivity contribution < 1.29 is 9.32 Å². The summed E-state index contributed by atoms with van der Waals surface area (Å²) in [5, 5.41) is 23.2. The molecule has 0 bridgehead atoms. The van der Waals surface area contributed by atoms with Crippen molar-refractivity contribution in [1.82, 2.24) is 9.97 Å². The molecular weight excluding hydrogens is 382 g/mol. The molecule has 0 spiro atoms. The highest BCUT2D eigenvalue weighted by molar-refractivity contribution is 7.98. The maximum absolute atomic E-state index is 11.8. The second kappa shape index (κ2) is 8.05. The molecule has 2 aromatic heterocycles. The van der Waals surface area contributed by atoms with Gasteiger partial charge in [-0.1, -0.05) is 6.07 Å². The second-order valence-electron chi connectivity index (χ2n) is 6.04. The van der Waals surface area contributed by atoms with Crippen LogP contribution in [0.1, 0.15) is 6.92 Å². The molecule has 0 aliphatic rings. The quantitative estimate of drug-likeness (QED) is 0.451. The molecule has 142 valence electrons. The van der Waals surface area contributed by atoms with E-state index in [9.17, 15) is 9.32 Å². The maximum Gasteiger partial charge on any atom is 0.229 e. The zero-order chi connectivity index (χ0) is 19.4. The van der Waals surface area contributed by atoms with Gasteiger partial charge in [-0.3, -0.25) is 5.14 Å². The largest absolute Gasteiger partial charge is 0.394 e. The zero-order valence-corrected chi connectivity index (χ0v) is 16.4. The van der Waals surface area contributed by atoms with E-state index in [2.05, 4.69) is 26.5 Å². The number of nitrogens with one attached hydrogen (secondary N) is 2. The van der Waals surface area contributed by atoms with Gasteiger partial charge in [0.25, 0.3) is 0 Å². The van der Waals surface area contributed by atoms with Gasteiger partial charge in [0, 0.05) is 27.7 Å². The van der Waals surface area contributed by atoms with E-state index in [4.69, 9.17) is 5.14 Å². The van der Waals surface area contributed by atoms with Gasteiger partial charge < -0.3 is 15.7 Å². The molecule has 1 aromatic carbocycles. The first kappa shape index (κ1) is 19.3. The summed E-state index contributed by atoms with van der Waals surface area (Å²) in [6, 6.07) is 10.6. The minimum Gasteiger partial charge on any atom is -0.394 e. The average molecular weight is 404 g/mol. The number of benzene rings is 1. The van der Waals surface area contributed by atoms with Crippen LogP contribution in [0.5, 0.6) is 0 Å². The SMILES string of the molecule is C=S(N)(=O)c1ccc(Nc2ncc(-c3cccs3)c(N[C@H](C)CO)n2)cc1. The number of hydrogen-bond acceptors (Lipinski definition) is 7. The van der Waals surface area contributed by atoms with Gasteiger partial charge in [0.15, 0.2) is 0 Å². The fraction of sp³-hybridized carbons (Fsp3) is 0.167. The van der Waals surface area contributed by atoms with E-state index in [1.165, 1.54) is 0 Å². The molecule has 5 N–H and O–H groups in total. The maximum atomic E-state index is 11.8. The lowest BCUT2D eigenvalue weighted by molar-refractivity contribution is 0.281. The summed E-state index contributed by atoms with van der Waals surface area (Å²) in [5.74, 6) is 4.51.